The van der Waals surface area contributed by atoms with Crippen LogP contribution in [0.4, 0.5) is 0 Å². The molecular weight excluding hydrogens is 544 g/mol. The molecule has 0 fully saturated rings. The SMILES string of the molecule is C.C.CC(C)(C)OC(=O)CBr.CCOCCCCCO.CCOCCCCCOCC(=O)OC(C)(C)C. The first-order valence-corrected chi connectivity index (χ1v) is 13.8. The van der Waals surface area contributed by atoms with Crippen molar-refractivity contribution in [3.63, 3.8) is 0 Å². The van der Waals surface area contributed by atoms with Gasteiger partial charge in [0, 0.05) is 39.6 Å². The third kappa shape index (κ3) is 52.5. The van der Waals surface area contributed by atoms with Crippen LogP contribution in [0, 0.1) is 0 Å². The smallest absolute Gasteiger partial charge is 0.332 e. The molecule has 0 heterocycles. The molecule has 0 saturated heterocycles. The zero-order valence-corrected chi connectivity index (χ0v) is 25.2. The molecule has 0 saturated carbocycles. The van der Waals surface area contributed by atoms with Gasteiger partial charge in [-0.15, -0.1) is 0 Å². The van der Waals surface area contributed by atoms with E-state index in [1.807, 2.05) is 55.4 Å². The molecular formula is C28H61BrO8. The van der Waals surface area contributed by atoms with Gasteiger partial charge in [-0.25, -0.2) is 4.79 Å². The predicted molar refractivity (Wildman–Crippen MR) is 158 cm³/mol. The van der Waals surface area contributed by atoms with Gasteiger partial charge < -0.3 is 28.8 Å². The Kier molecular flexibility index (Phi) is 39.2. The van der Waals surface area contributed by atoms with Gasteiger partial charge in [0.05, 0.1) is 0 Å². The Balaban J connectivity index is -0.000000146. The largest absolute Gasteiger partial charge is 0.459 e. The lowest BCUT2D eigenvalue weighted by atomic mass is 10.2. The average Bonchev–Trinajstić information content (AvgIpc) is 2.74. The summed E-state index contributed by atoms with van der Waals surface area (Å²) in [6, 6.07) is 0. The molecule has 0 atom stereocenters. The monoisotopic (exact) mass is 604 g/mol. The summed E-state index contributed by atoms with van der Waals surface area (Å²) in [6.07, 6.45) is 6.13. The fourth-order valence-electron chi connectivity index (χ4n) is 2.26. The first-order valence-electron chi connectivity index (χ1n) is 12.7. The molecule has 0 unspecified atom stereocenters. The van der Waals surface area contributed by atoms with E-state index in [0.717, 1.165) is 65.0 Å². The maximum absolute atomic E-state index is 11.3. The summed E-state index contributed by atoms with van der Waals surface area (Å²) in [5.74, 6) is -0.519. The van der Waals surface area contributed by atoms with Crippen molar-refractivity contribution in [1.29, 1.82) is 0 Å². The number of esters is 2. The van der Waals surface area contributed by atoms with Crippen LogP contribution in [-0.4, -0.2) is 79.8 Å². The van der Waals surface area contributed by atoms with E-state index in [1.165, 1.54) is 0 Å². The van der Waals surface area contributed by atoms with E-state index in [9.17, 15) is 9.59 Å². The van der Waals surface area contributed by atoms with Gasteiger partial charge in [0.1, 0.15) is 23.1 Å². The lowest BCUT2D eigenvalue weighted by Crippen LogP contribution is -2.26. The van der Waals surface area contributed by atoms with Crippen LogP contribution in [-0.2, 0) is 33.3 Å². The third-order valence-corrected chi connectivity index (χ3v) is 4.06. The van der Waals surface area contributed by atoms with Gasteiger partial charge in [0.2, 0.25) is 0 Å². The summed E-state index contributed by atoms with van der Waals surface area (Å²) in [6.45, 7) is 19.2. The second-order valence-electron chi connectivity index (χ2n) is 9.60. The van der Waals surface area contributed by atoms with Crippen molar-refractivity contribution >= 4 is 27.9 Å². The molecule has 0 aromatic heterocycles. The first kappa shape index (κ1) is 46.1. The lowest BCUT2D eigenvalue weighted by molar-refractivity contribution is -0.160. The number of hydrogen-bond donors (Lipinski definition) is 1. The molecule has 0 aromatic rings. The molecule has 0 aromatic carbocycles. The van der Waals surface area contributed by atoms with Crippen molar-refractivity contribution in [1.82, 2.24) is 0 Å². The fourth-order valence-corrected chi connectivity index (χ4v) is 2.38. The minimum atomic E-state index is -0.433. The number of alkyl halides is 1. The zero-order chi connectivity index (χ0) is 27.6. The summed E-state index contributed by atoms with van der Waals surface area (Å²) in [7, 11) is 0. The number of aliphatic hydroxyl groups excluding tert-OH is 1. The summed E-state index contributed by atoms with van der Waals surface area (Å²) in [5, 5.41) is 8.65. The summed E-state index contributed by atoms with van der Waals surface area (Å²) in [4.78, 5) is 21.8. The Hall–Kier alpha value is -0.740. The quantitative estimate of drug-likeness (QED) is 0.117. The van der Waals surface area contributed by atoms with Gasteiger partial charge in [-0.1, -0.05) is 30.8 Å². The Morgan fingerprint density at radius 3 is 1.35 bits per heavy atom. The van der Waals surface area contributed by atoms with E-state index < -0.39 is 5.60 Å². The molecule has 228 valence electrons. The van der Waals surface area contributed by atoms with Crippen LogP contribution in [0.3, 0.4) is 0 Å². The van der Waals surface area contributed by atoms with Crippen LogP contribution < -0.4 is 0 Å². The van der Waals surface area contributed by atoms with Crippen molar-refractivity contribution in [3.05, 3.63) is 0 Å². The number of carbonyl (C=O) groups is 2. The van der Waals surface area contributed by atoms with E-state index in [-0.39, 0.29) is 44.3 Å². The highest BCUT2D eigenvalue weighted by atomic mass is 79.9. The summed E-state index contributed by atoms with van der Waals surface area (Å²) >= 11 is 2.99. The predicted octanol–water partition coefficient (Wildman–Crippen LogP) is 6.73. The lowest BCUT2D eigenvalue weighted by Gasteiger charge is -2.19. The number of unbranched alkanes of at least 4 members (excludes halogenated alkanes) is 4. The molecule has 0 bridgehead atoms. The Bertz CT molecular complexity index is 468. The molecule has 9 heteroatoms. The number of ether oxygens (including phenoxy) is 5. The van der Waals surface area contributed by atoms with Crippen LogP contribution in [0.15, 0.2) is 0 Å². The summed E-state index contributed by atoms with van der Waals surface area (Å²) < 4.78 is 25.6. The number of aliphatic hydroxyl groups is 1. The fraction of sp³-hybridized carbons (Fsp3) is 0.929. The topological polar surface area (TPSA) is 101 Å². The van der Waals surface area contributed by atoms with Gasteiger partial charge in [0.25, 0.3) is 0 Å². The van der Waals surface area contributed by atoms with Crippen LogP contribution in [0.2, 0.25) is 0 Å². The van der Waals surface area contributed by atoms with Gasteiger partial charge >= 0.3 is 11.9 Å². The van der Waals surface area contributed by atoms with Gasteiger partial charge in [0.15, 0.2) is 0 Å². The average molecular weight is 606 g/mol. The first-order chi connectivity index (χ1) is 16.3. The zero-order valence-electron chi connectivity index (χ0n) is 23.6. The van der Waals surface area contributed by atoms with Crippen LogP contribution in [0.25, 0.3) is 0 Å². The van der Waals surface area contributed by atoms with Crippen LogP contribution >= 0.6 is 15.9 Å². The molecule has 37 heavy (non-hydrogen) atoms. The molecule has 0 rings (SSSR count). The molecule has 0 radical (unpaired) electrons. The highest BCUT2D eigenvalue weighted by molar-refractivity contribution is 9.09. The van der Waals surface area contributed by atoms with E-state index in [0.29, 0.717) is 13.2 Å². The highest BCUT2D eigenvalue weighted by Gasteiger charge is 2.16. The Labute approximate surface area is 237 Å². The maximum atomic E-state index is 11.3. The van der Waals surface area contributed by atoms with Gasteiger partial charge in [-0.05, 0) is 93.9 Å². The van der Waals surface area contributed by atoms with Crippen molar-refractivity contribution in [2.45, 2.75) is 120 Å². The Morgan fingerprint density at radius 1 is 0.649 bits per heavy atom. The molecule has 0 aliphatic heterocycles. The normalized spacial score (nSPS) is 10.4. The standard InChI is InChI=1S/C13H26O4.C7H16O2.C6H11BrO2.2CH4/c1-5-15-9-7-6-8-10-16-11-12(14)17-13(2,3)4;1-2-9-7-5-3-4-6-8;1-6(2,3)9-5(8)4-7;;/h5-11H2,1-4H3;8H,2-7H2,1H3;4H2,1-3H3;2*1H4. The van der Waals surface area contributed by atoms with E-state index >= 15 is 0 Å². The second-order valence-corrected chi connectivity index (χ2v) is 10.2. The highest BCUT2D eigenvalue weighted by Crippen LogP contribution is 2.08. The second kappa shape index (κ2) is 31.5. The molecule has 1 N–H and O–H groups in total. The number of carbonyl (C=O) groups excluding carboxylic acids is 2. The molecule has 0 aliphatic rings. The maximum Gasteiger partial charge on any atom is 0.332 e. The van der Waals surface area contributed by atoms with Crippen molar-refractivity contribution in [3.8, 4) is 0 Å². The van der Waals surface area contributed by atoms with Crippen molar-refractivity contribution in [2.24, 2.45) is 0 Å². The third-order valence-electron chi connectivity index (χ3n) is 3.60. The minimum absolute atomic E-state index is 0. The summed E-state index contributed by atoms with van der Waals surface area (Å²) in [5.41, 5.74) is -0.789. The molecule has 8 nitrogen and oxygen atoms in total. The number of rotatable bonds is 16. The van der Waals surface area contributed by atoms with Crippen molar-refractivity contribution in [2.75, 3.05) is 51.6 Å². The van der Waals surface area contributed by atoms with Gasteiger partial charge in [-0.2, -0.15) is 0 Å². The molecule has 0 spiro atoms. The van der Waals surface area contributed by atoms with Gasteiger partial charge in [-0.3, -0.25) is 4.79 Å². The van der Waals surface area contributed by atoms with Crippen LogP contribution in [0.5, 0.6) is 0 Å². The minimum Gasteiger partial charge on any atom is -0.459 e. The molecule has 0 amide bonds. The number of hydrogen-bond acceptors (Lipinski definition) is 8. The van der Waals surface area contributed by atoms with Crippen LogP contribution in [0.1, 0.15) is 109 Å². The molecule has 0 aliphatic carbocycles. The Morgan fingerprint density at radius 2 is 1.03 bits per heavy atom. The van der Waals surface area contributed by atoms with Crippen molar-refractivity contribution < 1.29 is 38.4 Å². The van der Waals surface area contributed by atoms with E-state index in [1.54, 1.807) is 0 Å². The van der Waals surface area contributed by atoms with E-state index in [4.69, 9.17) is 28.8 Å². The van der Waals surface area contributed by atoms with E-state index in [2.05, 4.69) is 15.9 Å². The number of halogens is 1.